The average Bonchev–Trinajstić information content (AvgIpc) is 3.08. The predicted molar refractivity (Wildman–Crippen MR) is 133 cm³/mol. The molecular weight excluding hydrogens is 428 g/mol. The molecule has 3 amide bonds. The van der Waals surface area contributed by atoms with E-state index >= 15 is 0 Å². The molecule has 0 radical (unpaired) electrons. The first-order valence-corrected chi connectivity index (χ1v) is 11.7. The van der Waals surface area contributed by atoms with Crippen LogP contribution in [0.25, 0.3) is 22.6 Å². The number of allylic oxidation sites excluding steroid dienone is 1. The first-order chi connectivity index (χ1) is 16.5. The highest BCUT2D eigenvalue weighted by Gasteiger charge is 2.30. The summed E-state index contributed by atoms with van der Waals surface area (Å²) in [6, 6.07) is 15.4. The van der Waals surface area contributed by atoms with Crippen molar-refractivity contribution in [3.05, 3.63) is 70.9 Å². The van der Waals surface area contributed by atoms with Crippen LogP contribution in [-0.2, 0) is 6.42 Å². The standard InChI is InChI=1S/C27H28N4O3/c1-34-20-10-7-18(8-11-20)17-19-9-12-22-24(21-5-2-3-6-23(21)29-25(19)22)26(32)30-13-4-14-31(16-15-30)27(28)33/h2-3,5-8,10-11,17H,4,9,12-16H2,1H3,(H2,28,33). The first kappa shape index (κ1) is 21.9. The number of nitrogens with two attached hydrogens (primary N) is 1. The Balaban J connectivity index is 1.55. The lowest BCUT2D eigenvalue weighted by molar-refractivity contribution is 0.0763. The summed E-state index contributed by atoms with van der Waals surface area (Å²) in [4.78, 5) is 33.9. The number of primary amides is 1. The smallest absolute Gasteiger partial charge is 0.314 e. The molecule has 5 rings (SSSR count). The summed E-state index contributed by atoms with van der Waals surface area (Å²) in [5.41, 5.74) is 11.2. The van der Waals surface area contributed by atoms with Gasteiger partial charge in [-0.15, -0.1) is 0 Å². The SMILES string of the molecule is COc1ccc(C=C2CCc3c2nc2ccccc2c3C(=O)N2CCCN(C(N)=O)CC2)cc1. The Labute approximate surface area is 198 Å². The molecule has 174 valence electrons. The Hall–Kier alpha value is -3.87. The molecule has 0 saturated carbocycles. The second kappa shape index (κ2) is 9.17. The molecule has 34 heavy (non-hydrogen) atoms. The number of nitrogens with zero attached hydrogens (tertiary/aromatic N) is 3. The molecule has 2 heterocycles. The van der Waals surface area contributed by atoms with E-state index < -0.39 is 6.03 Å². The number of fused-ring (bicyclic) bond motifs is 2. The van der Waals surface area contributed by atoms with Crippen molar-refractivity contribution in [3.8, 4) is 5.75 Å². The van der Waals surface area contributed by atoms with Crippen LogP contribution in [0.2, 0.25) is 0 Å². The van der Waals surface area contributed by atoms with Crippen LogP contribution >= 0.6 is 0 Å². The molecular formula is C27H28N4O3. The van der Waals surface area contributed by atoms with Crippen molar-refractivity contribution in [2.24, 2.45) is 5.73 Å². The van der Waals surface area contributed by atoms with Crippen molar-refractivity contribution >= 4 is 34.5 Å². The van der Waals surface area contributed by atoms with Gasteiger partial charge in [0.2, 0.25) is 0 Å². The molecule has 7 nitrogen and oxygen atoms in total. The van der Waals surface area contributed by atoms with Crippen LogP contribution in [0, 0.1) is 0 Å². The van der Waals surface area contributed by atoms with Crippen molar-refractivity contribution in [1.82, 2.24) is 14.8 Å². The molecule has 1 aliphatic heterocycles. The number of carbonyl (C=O) groups excluding carboxylic acids is 2. The van der Waals surface area contributed by atoms with Gasteiger partial charge in [0.1, 0.15) is 5.75 Å². The molecule has 1 fully saturated rings. The highest BCUT2D eigenvalue weighted by atomic mass is 16.5. The van der Waals surface area contributed by atoms with E-state index in [1.807, 2.05) is 53.4 Å². The number of para-hydroxylation sites is 1. The van der Waals surface area contributed by atoms with E-state index in [1.54, 1.807) is 12.0 Å². The number of aromatic nitrogens is 1. The van der Waals surface area contributed by atoms with Crippen LogP contribution in [0.5, 0.6) is 5.75 Å². The van der Waals surface area contributed by atoms with Crippen molar-refractivity contribution < 1.29 is 14.3 Å². The minimum absolute atomic E-state index is 0.00636. The minimum atomic E-state index is -0.433. The molecule has 0 unspecified atom stereocenters. The van der Waals surface area contributed by atoms with Gasteiger partial charge in [0.15, 0.2) is 0 Å². The van der Waals surface area contributed by atoms with Gasteiger partial charge < -0.3 is 20.3 Å². The third kappa shape index (κ3) is 4.09. The summed E-state index contributed by atoms with van der Waals surface area (Å²) in [5.74, 6) is 0.824. The van der Waals surface area contributed by atoms with Gasteiger partial charge in [-0.1, -0.05) is 30.3 Å². The Bertz CT molecular complexity index is 1280. The maximum Gasteiger partial charge on any atom is 0.314 e. The fourth-order valence-electron chi connectivity index (χ4n) is 4.92. The Kier molecular flexibility index (Phi) is 5.92. The molecule has 2 aliphatic rings. The third-order valence-electron chi connectivity index (χ3n) is 6.71. The molecule has 7 heteroatoms. The lowest BCUT2D eigenvalue weighted by Crippen LogP contribution is -2.40. The van der Waals surface area contributed by atoms with Gasteiger partial charge in [-0.05, 0) is 60.2 Å². The number of hydrogen-bond acceptors (Lipinski definition) is 4. The van der Waals surface area contributed by atoms with E-state index in [1.165, 1.54) is 0 Å². The number of rotatable bonds is 3. The van der Waals surface area contributed by atoms with E-state index in [9.17, 15) is 9.59 Å². The maximum atomic E-state index is 13.9. The zero-order chi connectivity index (χ0) is 23.7. The van der Waals surface area contributed by atoms with Crippen LogP contribution in [0.3, 0.4) is 0 Å². The van der Waals surface area contributed by atoms with Crippen molar-refractivity contribution in [2.75, 3.05) is 33.3 Å². The molecule has 0 spiro atoms. The lowest BCUT2D eigenvalue weighted by atomic mass is 9.99. The second-order valence-electron chi connectivity index (χ2n) is 8.74. The van der Waals surface area contributed by atoms with Gasteiger partial charge in [-0.2, -0.15) is 0 Å². The quantitative estimate of drug-likeness (QED) is 0.646. The largest absolute Gasteiger partial charge is 0.497 e. The second-order valence-corrected chi connectivity index (χ2v) is 8.74. The number of urea groups is 1. The van der Waals surface area contributed by atoms with Gasteiger partial charge in [-0.3, -0.25) is 4.79 Å². The lowest BCUT2D eigenvalue weighted by Gasteiger charge is -2.23. The highest BCUT2D eigenvalue weighted by Crippen LogP contribution is 2.38. The number of benzene rings is 2. The van der Waals surface area contributed by atoms with Gasteiger partial charge >= 0.3 is 6.03 Å². The molecule has 3 aromatic rings. The van der Waals surface area contributed by atoms with E-state index in [0.717, 1.165) is 57.5 Å². The van der Waals surface area contributed by atoms with Crippen LogP contribution in [0.1, 0.15) is 40.0 Å². The molecule has 1 saturated heterocycles. The third-order valence-corrected chi connectivity index (χ3v) is 6.71. The van der Waals surface area contributed by atoms with Crippen LogP contribution in [0.4, 0.5) is 4.79 Å². The average molecular weight is 457 g/mol. The number of carbonyl (C=O) groups is 2. The van der Waals surface area contributed by atoms with Gasteiger partial charge in [-0.25, -0.2) is 9.78 Å². The fraction of sp³-hybridized carbons (Fsp3) is 0.296. The first-order valence-electron chi connectivity index (χ1n) is 11.7. The van der Waals surface area contributed by atoms with Crippen LogP contribution < -0.4 is 10.5 Å². The van der Waals surface area contributed by atoms with E-state index in [0.29, 0.717) is 32.6 Å². The number of pyridine rings is 1. The van der Waals surface area contributed by atoms with Gasteiger partial charge in [0, 0.05) is 31.6 Å². The monoisotopic (exact) mass is 456 g/mol. The van der Waals surface area contributed by atoms with Gasteiger partial charge in [0.05, 0.1) is 23.9 Å². The van der Waals surface area contributed by atoms with E-state index in [4.69, 9.17) is 15.5 Å². The topological polar surface area (TPSA) is 88.8 Å². The molecule has 2 N–H and O–H groups in total. The molecule has 1 aliphatic carbocycles. The number of amides is 3. The highest BCUT2D eigenvalue weighted by molar-refractivity contribution is 6.09. The molecule has 1 aromatic heterocycles. The summed E-state index contributed by atoms with van der Waals surface area (Å²) >= 11 is 0. The summed E-state index contributed by atoms with van der Waals surface area (Å²) in [6.45, 7) is 2.10. The van der Waals surface area contributed by atoms with Crippen LogP contribution in [-0.4, -0.2) is 60.0 Å². The number of hydrogen-bond donors (Lipinski definition) is 1. The number of ether oxygens (including phenoxy) is 1. The predicted octanol–water partition coefficient (Wildman–Crippen LogP) is 3.96. The summed E-state index contributed by atoms with van der Waals surface area (Å²) in [7, 11) is 1.66. The minimum Gasteiger partial charge on any atom is -0.497 e. The number of methoxy groups -OCH3 is 1. The van der Waals surface area contributed by atoms with Crippen molar-refractivity contribution in [2.45, 2.75) is 19.3 Å². The normalized spacial score (nSPS) is 17.0. The Morgan fingerprint density at radius 3 is 2.47 bits per heavy atom. The molecule has 2 aromatic carbocycles. The van der Waals surface area contributed by atoms with E-state index in [-0.39, 0.29) is 5.91 Å². The van der Waals surface area contributed by atoms with Gasteiger partial charge in [0.25, 0.3) is 5.91 Å². The van der Waals surface area contributed by atoms with Crippen molar-refractivity contribution in [1.29, 1.82) is 0 Å². The zero-order valence-corrected chi connectivity index (χ0v) is 19.3. The Morgan fingerprint density at radius 1 is 0.971 bits per heavy atom. The van der Waals surface area contributed by atoms with Crippen LogP contribution in [0.15, 0.2) is 48.5 Å². The summed E-state index contributed by atoms with van der Waals surface area (Å²) in [6.07, 6.45) is 4.47. The maximum absolute atomic E-state index is 13.9. The van der Waals surface area contributed by atoms with Crippen molar-refractivity contribution in [3.63, 3.8) is 0 Å². The van der Waals surface area contributed by atoms with E-state index in [2.05, 4.69) is 6.08 Å². The zero-order valence-electron chi connectivity index (χ0n) is 19.3. The summed E-state index contributed by atoms with van der Waals surface area (Å²) in [5, 5.41) is 0.882. The molecule has 0 bridgehead atoms. The Morgan fingerprint density at radius 2 is 1.71 bits per heavy atom. The molecule has 0 atom stereocenters. The fourth-order valence-corrected chi connectivity index (χ4v) is 4.92. The summed E-state index contributed by atoms with van der Waals surface area (Å²) < 4.78 is 5.27.